The lowest BCUT2D eigenvalue weighted by Gasteiger charge is -2.08. The van der Waals surface area contributed by atoms with E-state index in [2.05, 4.69) is 12.2 Å². The van der Waals surface area contributed by atoms with E-state index in [0.29, 0.717) is 18.5 Å². The van der Waals surface area contributed by atoms with Gasteiger partial charge in [0.1, 0.15) is 5.75 Å². The van der Waals surface area contributed by atoms with Crippen LogP contribution in [0.1, 0.15) is 35.7 Å². The number of hydrogen-bond acceptors (Lipinski definition) is 4. The fourth-order valence-electron chi connectivity index (χ4n) is 2.36. The van der Waals surface area contributed by atoms with Crippen LogP contribution in [-0.4, -0.2) is 33.7 Å². The summed E-state index contributed by atoms with van der Waals surface area (Å²) in [5.74, 6) is 0.641. The van der Waals surface area contributed by atoms with Crippen LogP contribution in [0, 0.1) is 0 Å². The molecule has 0 heterocycles. The zero-order valence-corrected chi connectivity index (χ0v) is 16.0. The third-order valence-corrected chi connectivity index (χ3v) is 5.06. The molecule has 2 aromatic rings. The zero-order chi connectivity index (χ0) is 19.0. The van der Waals surface area contributed by atoms with Crippen LogP contribution in [0.25, 0.3) is 0 Å². The first-order valence-corrected chi connectivity index (χ1v) is 10.6. The van der Waals surface area contributed by atoms with Gasteiger partial charge in [-0.15, -0.1) is 0 Å². The molecule has 6 heteroatoms. The van der Waals surface area contributed by atoms with E-state index in [1.54, 1.807) is 0 Å². The lowest BCUT2D eigenvalue weighted by molar-refractivity contribution is 0.0954. The van der Waals surface area contributed by atoms with Gasteiger partial charge < -0.3 is 10.1 Å². The standard InChI is InChI=1S/C20H25NO4S/c1-3-4-15-25-18-9-5-16(6-10-18)13-14-21-20(22)17-7-11-19(12-8-17)26(2,23)24/h5-12H,3-4,13-15H2,1-2H3,(H,21,22). The molecule has 26 heavy (non-hydrogen) atoms. The summed E-state index contributed by atoms with van der Waals surface area (Å²) in [5.41, 5.74) is 1.55. The van der Waals surface area contributed by atoms with Crippen molar-refractivity contribution in [2.75, 3.05) is 19.4 Å². The normalized spacial score (nSPS) is 11.2. The van der Waals surface area contributed by atoms with Crippen LogP contribution in [0.2, 0.25) is 0 Å². The van der Waals surface area contributed by atoms with Crippen molar-refractivity contribution in [2.24, 2.45) is 0 Å². The summed E-state index contributed by atoms with van der Waals surface area (Å²) in [4.78, 5) is 12.3. The van der Waals surface area contributed by atoms with E-state index in [4.69, 9.17) is 4.74 Å². The number of rotatable bonds is 9. The molecule has 2 aromatic carbocycles. The maximum atomic E-state index is 12.1. The molecular formula is C20H25NO4S. The molecule has 0 spiro atoms. The van der Waals surface area contributed by atoms with Crippen LogP contribution < -0.4 is 10.1 Å². The Hall–Kier alpha value is -2.34. The van der Waals surface area contributed by atoms with Crippen molar-refractivity contribution in [3.63, 3.8) is 0 Å². The number of hydrogen-bond donors (Lipinski definition) is 1. The summed E-state index contributed by atoms with van der Waals surface area (Å²) in [7, 11) is -3.25. The number of ether oxygens (including phenoxy) is 1. The molecule has 0 bridgehead atoms. The van der Waals surface area contributed by atoms with Gasteiger partial charge in [0, 0.05) is 18.4 Å². The van der Waals surface area contributed by atoms with Gasteiger partial charge in [0.2, 0.25) is 0 Å². The van der Waals surface area contributed by atoms with Gasteiger partial charge in [-0.05, 0) is 54.8 Å². The molecular weight excluding hydrogens is 350 g/mol. The third kappa shape index (κ3) is 6.19. The van der Waals surface area contributed by atoms with Gasteiger partial charge >= 0.3 is 0 Å². The Bertz CT molecular complexity index is 812. The van der Waals surface area contributed by atoms with Crippen LogP contribution in [0.5, 0.6) is 5.75 Å². The Morgan fingerprint density at radius 3 is 2.27 bits per heavy atom. The van der Waals surface area contributed by atoms with Gasteiger partial charge in [0.15, 0.2) is 9.84 Å². The number of sulfone groups is 1. The Kier molecular flexibility index (Phi) is 7.21. The molecule has 140 valence electrons. The lowest BCUT2D eigenvalue weighted by Crippen LogP contribution is -2.25. The second-order valence-corrected chi connectivity index (χ2v) is 8.16. The van der Waals surface area contributed by atoms with Crippen molar-refractivity contribution in [2.45, 2.75) is 31.1 Å². The largest absolute Gasteiger partial charge is 0.494 e. The third-order valence-electron chi connectivity index (χ3n) is 3.93. The Morgan fingerprint density at radius 1 is 1.04 bits per heavy atom. The molecule has 0 saturated carbocycles. The number of carbonyl (C=O) groups is 1. The van der Waals surface area contributed by atoms with Crippen molar-refractivity contribution in [3.05, 3.63) is 59.7 Å². The molecule has 5 nitrogen and oxygen atoms in total. The number of benzene rings is 2. The Morgan fingerprint density at radius 2 is 1.69 bits per heavy atom. The highest BCUT2D eigenvalue weighted by molar-refractivity contribution is 7.90. The lowest BCUT2D eigenvalue weighted by atomic mass is 10.1. The summed E-state index contributed by atoms with van der Waals surface area (Å²) in [6.07, 6.45) is 4.00. The van der Waals surface area contributed by atoms with Crippen LogP contribution in [0.4, 0.5) is 0 Å². The first-order chi connectivity index (χ1) is 12.4. The predicted molar refractivity (Wildman–Crippen MR) is 102 cm³/mol. The highest BCUT2D eigenvalue weighted by Gasteiger charge is 2.09. The fourth-order valence-corrected chi connectivity index (χ4v) is 2.99. The zero-order valence-electron chi connectivity index (χ0n) is 15.2. The van der Waals surface area contributed by atoms with Gasteiger partial charge in [0.25, 0.3) is 5.91 Å². The molecule has 1 amide bonds. The van der Waals surface area contributed by atoms with Crippen molar-refractivity contribution >= 4 is 15.7 Å². The second-order valence-electron chi connectivity index (χ2n) is 6.15. The van der Waals surface area contributed by atoms with E-state index in [0.717, 1.165) is 37.0 Å². The Labute approximate surface area is 155 Å². The molecule has 2 rings (SSSR count). The predicted octanol–water partition coefficient (Wildman–Crippen LogP) is 3.24. The monoisotopic (exact) mass is 375 g/mol. The van der Waals surface area contributed by atoms with Crippen molar-refractivity contribution in [1.82, 2.24) is 5.32 Å². The van der Waals surface area contributed by atoms with E-state index >= 15 is 0 Å². The second kappa shape index (κ2) is 9.38. The van der Waals surface area contributed by atoms with Crippen molar-refractivity contribution in [1.29, 1.82) is 0 Å². The molecule has 0 unspecified atom stereocenters. The van der Waals surface area contributed by atoms with Crippen LogP contribution >= 0.6 is 0 Å². The van der Waals surface area contributed by atoms with E-state index in [9.17, 15) is 13.2 Å². The number of nitrogens with one attached hydrogen (secondary N) is 1. The molecule has 0 aromatic heterocycles. The van der Waals surface area contributed by atoms with Gasteiger partial charge in [-0.3, -0.25) is 4.79 Å². The van der Waals surface area contributed by atoms with Gasteiger partial charge in [-0.25, -0.2) is 8.42 Å². The van der Waals surface area contributed by atoms with Crippen molar-refractivity contribution in [3.8, 4) is 5.75 Å². The van der Waals surface area contributed by atoms with E-state index in [-0.39, 0.29) is 10.8 Å². The van der Waals surface area contributed by atoms with Crippen LogP contribution in [0.3, 0.4) is 0 Å². The van der Waals surface area contributed by atoms with E-state index < -0.39 is 9.84 Å². The summed E-state index contributed by atoms with van der Waals surface area (Å²) in [5, 5.41) is 2.84. The summed E-state index contributed by atoms with van der Waals surface area (Å²) >= 11 is 0. The molecule has 0 saturated heterocycles. The summed E-state index contributed by atoms with van der Waals surface area (Å²) < 4.78 is 28.5. The summed E-state index contributed by atoms with van der Waals surface area (Å²) in [6.45, 7) is 3.35. The maximum Gasteiger partial charge on any atom is 0.251 e. The molecule has 0 aliphatic heterocycles. The fraction of sp³-hybridized carbons (Fsp3) is 0.350. The van der Waals surface area contributed by atoms with Crippen LogP contribution in [0.15, 0.2) is 53.4 Å². The maximum absolute atomic E-state index is 12.1. The average molecular weight is 375 g/mol. The first-order valence-electron chi connectivity index (χ1n) is 8.70. The van der Waals surface area contributed by atoms with Gasteiger partial charge in [-0.1, -0.05) is 25.5 Å². The summed E-state index contributed by atoms with van der Waals surface area (Å²) in [6, 6.07) is 13.8. The topological polar surface area (TPSA) is 72.5 Å². The molecule has 0 fully saturated rings. The molecule has 0 aliphatic carbocycles. The molecule has 0 aliphatic rings. The van der Waals surface area contributed by atoms with Crippen LogP contribution in [-0.2, 0) is 16.3 Å². The van der Waals surface area contributed by atoms with E-state index in [1.165, 1.54) is 24.3 Å². The number of amides is 1. The number of unbranched alkanes of at least 4 members (excludes halogenated alkanes) is 1. The quantitative estimate of drug-likeness (QED) is 0.683. The first kappa shape index (κ1) is 20.0. The minimum Gasteiger partial charge on any atom is -0.494 e. The van der Waals surface area contributed by atoms with Gasteiger partial charge in [-0.2, -0.15) is 0 Å². The minimum atomic E-state index is -3.25. The highest BCUT2D eigenvalue weighted by atomic mass is 32.2. The SMILES string of the molecule is CCCCOc1ccc(CCNC(=O)c2ccc(S(C)(=O)=O)cc2)cc1. The van der Waals surface area contributed by atoms with Crippen molar-refractivity contribution < 1.29 is 17.9 Å². The number of carbonyl (C=O) groups excluding carboxylic acids is 1. The Balaban J connectivity index is 1.81. The molecule has 0 atom stereocenters. The smallest absolute Gasteiger partial charge is 0.251 e. The average Bonchev–Trinajstić information content (AvgIpc) is 2.62. The molecule has 1 N–H and O–H groups in total. The van der Waals surface area contributed by atoms with Gasteiger partial charge in [0.05, 0.1) is 11.5 Å². The van der Waals surface area contributed by atoms with E-state index in [1.807, 2.05) is 24.3 Å². The molecule has 0 radical (unpaired) electrons. The minimum absolute atomic E-state index is 0.204. The highest BCUT2D eigenvalue weighted by Crippen LogP contribution is 2.13.